The van der Waals surface area contributed by atoms with Gasteiger partial charge in [0.1, 0.15) is 0 Å². The molecule has 3 aromatic rings. The summed E-state index contributed by atoms with van der Waals surface area (Å²) in [5.41, 5.74) is 4.88. The smallest absolute Gasteiger partial charge is 0.271 e. The molecular formula is C20H16Cl3N3O. The summed E-state index contributed by atoms with van der Waals surface area (Å²) in [5, 5.41) is 4.95. The Morgan fingerprint density at radius 2 is 1.74 bits per heavy atom. The predicted molar refractivity (Wildman–Crippen MR) is 104 cm³/mol. The topological polar surface area (TPSA) is 45.3 Å². The number of amides is 1. The van der Waals surface area contributed by atoms with Crippen molar-refractivity contribution in [3.8, 4) is 0 Å². The first-order valence-electron chi connectivity index (χ1n) is 7.93. The van der Waals surface area contributed by atoms with Gasteiger partial charge in [0.05, 0.1) is 16.8 Å². The molecule has 0 fully saturated rings. The molecule has 0 aliphatic rings. The number of aromatic nitrogens is 1. The third-order valence-electron chi connectivity index (χ3n) is 3.69. The van der Waals surface area contributed by atoms with Gasteiger partial charge in [0.15, 0.2) is 18.9 Å². The quantitative estimate of drug-likeness (QED) is 0.375. The largest absolute Gasteiger partial charge is 1.00 e. The van der Waals surface area contributed by atoms with Gasteiger partial charge in [-0.2, -0.15) is 5.10 Å². The molecule has 0 atom stereocenters. The van der Waals surface area contributed by atoms with Crippen LogP contribution < -0.4 is 22.4 Å². The molecule has 4 nitrogen and oxygen atoms in total. The van der Waals surface area contributed by atoms with E-state index in [0.29, 0.717) is 21.2 Å². The second kappa shape index (κ2) is 10.1. The third kappa shape index (κ3) is 6.07. The van der Waals surface area contributed by atoms with Crippen LogP contribution in [0.2, 0.25) is 10.0 Å². The van der Waals surface area contributed by atoms with Crippen LogP contribution in [-0.4, -0.2) is 12.1 Å². The number of hydrogen-bond acceptors (Lipinski definition) is 2. The molecule has 0 unspecified atom stereocenters. The molecule has 0 bridgehead atoms. The molecule has 1 amide bonds. The average molecular weight is 421 g/mol. The Morgan fingerprint density at radius 1 is 1.04 bits per heavy atom. The van der Waals surface area contributed by atoms with E-state index in [1.54, 1.807) is 30.3 Å². The minimum absolute atomic E-state index is 0. The minimum atomic E-state index is -0.293. The lowest BCUT2D eigenvalue weighted by Gasteiger charge is -2.01. The molecule has 0 spiro atoms. The fourth-order valence-electron chi connectivity index (χ4n) is 2.34. The van der Waals surface area contributed by atoms with Gasteiger partial charge in [-0.25, -0.2) is 9.99 Å². The van der Waals surface area contributed by atoms with Gasteiger partial charge in [-0.3, -0.25) is 4.79 Å². The van der Waals surface area contributed by atoms with E-state index in [2.05, 4.69) is 22.7 Å². The number of pyridine rings is 1. The predicted octanol–water partition coefficient (Wildman–Crippen LogP) is 1.10. The first-order valence-corrected chi connectivity index (χ1v) is 8.69. The Hall–Kier alpha value is -2.40. The van der Waals surface area contributed by atoms with Crippen molar-refractivity contribution in [3.63, 3.8) is 0 Å². The van der Waals surface area contributed by atoms with Crippen LogP contribution in [0.25, 0.3) is 0 Å². The maximum absolute atomic E-state index is 12.2. The Morgan fingerprint density at radius 3 is 2.41 bits per heavy atom. The van der Waals surface area contributed by atoms with E-state index < -0.39 is 0 Å². The standard InChI is InChI=1S/C20H15Cl2N3O.ClH/c21-18-7-6-17(19(22)12-18)13-23-24-20(26)16-8-10-25(11-9-16)14-15-4-2-1-3-5-15;/h1-13H,14H2;1H. The van der Waals surface area contributed by atoms with Crippen LogP contribution in [0.4, 0.5) is 0 Å². The molecule has 0 radical (unpaired) electrons. The average Bonchev–Trinajstić information content (AvgIpc) is 2.65. The Bertz CT molecular complexity index is 929. The molecule has 7 heteroatoms. The fourth-order valence-corrected chi connectivity index (χ4v) is 2.80. The van der Waals surface area contributed by atoms with Crippen molar-refractivity contribution in [2.24, 2.45) is 5.10 Å². The van der Waals surface area contributed by atoms with E-state index in [1.807, 2.05) is 35.2 Å². The lowest BCUT2D eigenvalue weighted by Crippen LogP contribution is -3.00. The highest BCUT2D eigenvalue weighted by molar-refractivity contribution is 6.36. The number of halogens is 3. The zero-order valence-electron chi connectivity index (χ0n) is 14.1. The number of benzene rings is 2. The molecule has 1 aromatic heterocycles. The van der Waals surface area contributed by atoms with Gasteiger partial charge in [0.2, 0.25) is 0 Å². The van der Waals surface area contributed by atoms with Crippen LogP contribution in [-0.2, 0) is 6.54 Å². The Balaban J connectivity index is 0.00000261. The van der Waals surface area contributed by atoms with Gasteiger partial charge >= 0.3 is 0 Å². The molecule has 0 saturated heterocycles. The number of rotatable bonds is 5. The lowest BCUT2D eigenvalue weighted by atomic mass is 10.2. The van der Waals surface area contributed by atoms with Crippen LogP contribution in [0.3, 0.4) is 0 Å². The van der Waals surface area contributed by atoms with E-state index in [-0.39, 0.29) is 18.3 Å². The van der Waals surface area contributed by atoms with Gasteiger partial charge in [0.25, 0.3) is 5.91 Å². The molecular weight excluding hydrogens is 405 g/mol. The van der Waals surface area contributed by atoms with Crippen LogP contribution in [0.15, 0.2) is 78.2 Å². The summed E-state index contributed by atoms with van der Waals surface area (Å²) in [7, 11) is 0. The Kier molecular flexibility index (Phi) is 7.80. The number of carbonyl (C=O) groups is 1. The summed E-state index contributed by atoms with van der Waals surface area (Å²) in [4.78, 5) is 12.2. The summed E-state index contributed by atoms with van der Waals surface area (Å²) < 4.78 is 2.00. The van der Waals surface area contributed by atoms with E-state index >= 15 is 0 Å². The molecule has 3 rings (SSSR count). The summed E-state index contributed by atoms with van der Waals surface area (Å²) in [6.07, 6.45) is 5.21. The van der Waals surface area contributed by atoms with E-state index in [0.717, 1.165) is 6.54 Å². The summed E-state index contributed by atoms with van der Waals surface area (Å²) in [6, 6.07) is 18.7. The molecule has 27 heavy (non-hydrogen) atoms. The monoisotopic (exact) mass is 419 g/mol. The zero-order chi connectivity index (χ0) is 18.4. The maximum atomic E-state index is 12.2. The van der Waals surface area contributed by atoms with Crippen LogP contribution in [0.1, 0.15) is 21.5 Å². The highest BCUT2D eigenvalue weighted by atomic mass is 35.5. The first-order chi connectivity index (χ1) is 12.6. The number of nitrogens with zero attached hydrogens (tertiary/aromatic N) is 2. The Labute approximate surface area is 173 Å². The molecule has 0 aliphatic carbocycles. The van der Waals surface area contributed by atoms with Crippen molar-refractivity contribution >= 4 is 35.3 Å². The summed E-state index contributed by atoms with van der Waals surface area (Å²) in [5.74, 6) is -0.293. The normalized spacial score (nSPS) is 10.4. The first kappa shape index (κ1) is 20.9. The van der Waals surface area contributed by atoms with E-state index in [1.165, 1.54) is 11.8 Å². The molecule has 138 valence electrons. The number of hydrogen-bond donors (Lipinski definition) is 1. The van der Waals surface area contributed by atoms with E-state index in [9.17, 15) is 4.79 Å². The third-order valence-corrected chi connectivity index (χ3v) is 4.26. The van der Waals surface area contributed by atoms with Crippen molar-refractivity contribution in [1.29, 1.82) is 0 Å². The number of carbonyl (C=O) groups excluding carboxylic acids is 1. The second-order valence-electron chi connectivity index (χ2n) is 5.61. The number of hydrazone groups is 1. The van der Waals surface area contributed by atoms with Gasteiger partial charge in [-0.1, -0.05) is 59.6 Å². The van der Waals surface area contributed by atoms with Crippen molar-refractivity contribution in [2.45, 2.75) is 6.54 Å². The maximum Gasteiger partial charge on any atom is 0.271 e. The van der Waals surface area contributed by atoms with Crippen molar-refractivity contribution in [1.82, 2.24) is 5.43 Å². The SMILES string of the molecule is O=C(N/N=C/c1ccc(Cl)cc1Cl)c1cc[n+](Cc2ccccc2)cc1.[Cl-]. The van der Waals surface area contributed by atoms with Crippen molar-refractivity contribution < 1.29 is 21.8 Å². The fraction of sp³-hybridized carbons (Fsp3) is 0.0500. The van der Waals surface area contributed by atoms with Gasteiger partial charge < -0.3 is 12.4 Å². The van der Waals surface area contributed by atoms with Crippen LogP contribution >= 0.6 is 23.2 Å². The minimum Gasteiger partial charge on any atom is -1.00 e. The van der Waals surface area contributed by atoms with Crippen LogP contribution in [0, 0.1) is 0 Å². The highest BCUT2D eigenvalue weighted by Crippen LogP contribution is 2.19. The van der Waals surface area contributed by atoms with Gasteiger partial charge in [0, 0.05) is 28.3 Å². The lowest BCUT2D eigenvalue weighted by molar-refractivity contribution is -0.688. The zero-order valence-corrected chi connectivity index (χ0v) is 16.4. The number of nitrogens with one attached hydrogen (secondary N) is 1. The van der Waals surface area contributed by atoms with Gasteiger partial charge in [-0.05, 0) is 12.1 Å². The molecule has 1 heterocycles. The van der Waals surface area contributed by atoms with Crippen molar-refractivity contribution in [3.05, 3.63) is 99.8 Å². The van der Waals surface area contributed by atoms with Crippen molar-refractivity contribution in [2.75, 3.05) is 0 Å². The summed E-state index contributed by atoms with van der Waals surface area (Å²) in [6.45, 7) is 0.746. The molecule has 1 N–H and O–H groups in total. The van der Waals surface area contributed by atoms with E-state index in [4.69, 9.17) is 23.2 Å². The van der Waals surface area contributed by atoms with Gasteiger partial charge in [-0.15, -0.1) is 0 Å². The second-order valence-corrected chi connectivity index (χ2v) is 6.45. The molecule has 0 saturated carbocycles. The molecule has 2 aromatic carbocycles. The molecule has 0 aliphatic heterocycles. The highest BCUT2D eigenvalue weighted by Gasteiger charge is 2.08. The summed E-state index contributed by atoms with van der Waals surface area (Å²) >= 11 is 11.9. The van der Waals surface area contributed by atoms with Crippen LogP contribution in [0.5, 0.6) is 0 Å².